The highest BCUT2D eigenvalue weighted by Gasteiger charge is 2.35. The van der Waals surface area contributed by atoms with Gasteiger partial charge in [-0.15, -0.1) is 0 Å². The number of nitrogens with zero attached hydrogens (tertiary/aromatic N) is 1. The number of ketones is 1. The number of rotatable bonds is 8. The Labute approximate surface area is 140 Å². The fourth-order valence-corrected chi connectivity index (χ4v) is 2.62. The average Bonchev–Trinajstić information content (AvgIpc) is 2.81. The predicted octanol–water partition coefficient (Wildman–Crippen LogP) is 2.00. The molecule has 0 aliphatic carbocycles. The zero-order chi connectivity index (χ0) is 17.7. The van der Waals surface area contributed by atoms with Crippen LogP contribution in [0, 0.1) is 5.92 Å². The van der Waals surface area contributed by atoms with Crippen LogP contribution in [0.2, 0.25) is 0 Å². The highest BCUT2D eigenvalue weighted by atomic mass is 16.5. The fourth-order valence-electron chi connectivity index (χ4n) is 2.62. The van der Waals surface area contributed by atoms with Gasteiger partial charge in [0.1, 0.15) is 18.3 Å². The summed E-state index contributed by atoms with van der Waals surface area (Å²) in [6.07, 6.45) is 1.99. The first kappa shape index (κ1) is 17.6. The third-order valence-electron chi connectivity index (χ3n) is 3.87. The van der Waals surface area contributed by atoms with Crippen LogP contribution >= 0.6 is 0 Å². The molecule has 0 aromatic heterocycles. The lowest BCUT2D eigenvalue weighted by Crippen LogP contribution is -2.32. The van der Waals surface area contributed by atoms with Crippen molar-refractivity contribution in [3.8, 4) is 0 Å². The Bertz CT molecular complexity index is 659. The van der Waals surface area contributed by atoms with Gasteiger partial charge in [0.05, 0.1) is 11.1 Å². The van der Waals surface area contributed by atoms with Gasteiger partial charge in [-0.2, -0.15) is 0 Å². The van der Waals surface area contributed by atoms with Gasteiger partial charge in [-0.1, -0.05) is 24.8 Å². The molecule has 0 saturated carbocycles. The molecule has 1 aliphatic rings. The van der Waals surface area contributed by atoms with E-state index < -0.39 is 11.9 Å². The lowest BCUT2D eigenvalue weighted by atomic mass is 9.99. The lowest BCUT2D eigenvalue weighted by molar-refractivity contribution is -0.150. The van der Waals surface area contributed by atoms with E-state index in [2.05, 4.69) is 6.58 Å². The van der Waals surface area contributed by atoms with Crippen LogP contribution in [0.25, 0.3) is 0 Å². The van der Waals surface area contributed by atoms with Gasteiger partial charge in [0.15, 0.2) is 0 Å². The molecular formula is C18H19NO5. The molecule has 1 unspecified atom stereocenters. The molecule has 126 valence electrons. The number of esters is 1. The molecule has 0 fully saturated rings. The van der Waals surface area contributed by atoms with Gasteiger partial charge in [0.2, 0.25) is 0 Å². The fraction of sp³-hybridized carbons (Fsp3) is 0.333. The van der Waals surface area contributed by atoms with E-state index in [1.54, 1.807) is 24.3 Å². The van der Waals surface area contributed by atoms with Crippen LogP contribution in [-0.2, 0) is 14.3 Å². The van der Waals surface area contributed by atoms with E-state index in [9.17, 15) is 19.2 Å². The molecule has 2 amide bonds. The second-order valence-electron chi connectivity index (χ2n) is 5.53. The van der Waals surface area contributed by atoms with Crippen molar-refractivity contribution in [3.63, 3.8) is 0 Å². The Morgan fingerprint density at radius 3 is 2.29 bits per heavy atom. The first-order valence-corrected chi connectivity index (χ1v) is 7.70. The highest BCUT2D eigenvalue weighted by molar-refractivity contribution is 6.21. The summed E-state index contributed by atoms with van der Waals surface area (Å²) >= 11 is 0. The first-order chi connectivity index (χ1) is 11.5. The average molecular weight is 329 g/mol. The third-order valence-corrected chi connectivity index (χ3v) is 3.87. The molecule has 0 N–H and O–H groups in total. The minimum Gasteiger partial charge on any atom is -0.461 e. The van der Waals surface area contributed by atoms with Gasteiger partial charge in [0.25, 0.3) is 11.8 Å². The number of carbonyl (C=O) groups excluding carboxylic acids is 4. The van der Waals surface area contributed by atoms with E-state index in [4.69, 9.17) is 4.74 Å². The Balaban J connectivity index is 1.95. The van der Waals surface area contributed by atoms with Crippen LogP contribution < -0.4 is 0 Å². The number of hydrogen-bond acceptors (Lipinski definition) is 5. The number of imide groups is 1. The van der Waals surface area contributed by atoms with E-state index in [-0.39, 0.29) is 37.2 Å². The van der Waals surface area contributed by atoms with Crippen molar-refractivity contribution in [2.45, 2.75) is 19.8 Å². The second kappa shape index (κ2) is 7.68. The maximum atomic E-state index is 12.2. The molecule has 1 atom stereocenters. The minimum absolute atomic E-state index is 0.0427. The smallest absolute Gasteiger partial charge is 0.316 e. The number of Topliss-reactive ketones (excluding diaryl/α,β-unsaturated/α-hetero) is 1. The summed E-state index contributed by atoms with van der Waals surface area (Å²) in [6.45, 7) is 4.97. The van der Waals surface area contributed by atoms with E-state index in [1.165, 1.54) is 13.0 Å². The SMILES string of the molecule is C=CCOC(=O)C(CCCN1C(=O)c2ccccc2C1=O)C(C)=O. The van der Waals surface area contributed by atoms with Crippen molar-refractivity contribution < 1.29 is 23.9 Å². The summed E-state index contributed by atoms with van der Waals surface area (Å²) in [4.78, 5) is 49.1. The van der Waals surface area contributed by atoms with Crippen LogP contribution in [0.1, 0.15) is 40.5 Å². The van der Waals surface area contributed by atoms with E-state index in [1.807, 2.05) is 0 Å². The van der Waals surface area contributed by atoms with Crippen molar-refractivity contribution >= 4 is 23.6 Å². The Morgan fingerprint density at radius 2 is 1.79 bits per heavy atom. The van der Waals surface area contributed by atoms with E-state index in [0.29, 0.717) is 17.5 Å². The number of amides is 2. The molecule has 1 aliphatic heterocycles. The normalized spacial score (nSPS) is 14.3. The molecule has 0 bridgehead atoms. The highest BCUT2D eigenvalue weighted by Crippen LogP contribution is 2.23. The maximum absolute atomic E-state index is 12.2. The number of carbonyl (C=O) groups is 4. The molecule has 1 aromatic carbocycles. The molecule has 0 saturated heterocycles. The van der Waals surface area contributed by atoms with Gasteiger partial charge in [-0.3, -0.25) is 24.1 Å². The summed E-state index contributed by atoms with van der Waals surface area (Å²) in [7, 11) is 0. The van der Waals surface area contributed by atoms with Crippen molar-refractivity contribution in [3.05, 3.63) is 48.0 Å². The lowest BCUT2D eigenvalue weighted by Gasteiger charge is -2.16. The first-order valence-electron chi connectivity index (χ1n) is 7.70. The number of hydrogen-bond donors (Lipinski definition) is 0. The standard InChI is InChI=1S/C18H19NO5/c1-3-11-24-18(23)13(12(2)20)9-6-10-19-16(21)14-7-4-5-8-15(14)17(19)22/h3-5,7-8,13H,1,6,9-11H2,2H3. The predicted molar refractivity (Wildman–Crippen MR) is 86.4 cm³/mol. The monoisotopic (exact) mass is 329 g/mol. The summed E-state index contributed by atoms with van der Waals surface area (Å²) < 4.78 is 4.90. The van der Waals surface area contributed by atoms with Gasteiger partial charge < -0.3 is 4.74 Å². The van der Waals surface area contributed by atoms with Gasteiger partial charge >= 0.3 is 5.97 Å². The molecule has 0 spiro atoms. The van der Waals surface area contributed by atoms with E-state index >= 15 is 0 Å². The molecule has 24 heavy (non-hydrogen) atoms. The summed E-state index contributed by atoms with van der Waals surface area (Å²) in [6, 6.07) is 6.63. The molecule has 2 rings (SSSR count). The summed E-state index contributed by atoms with van der Waals surface area (Å²) in [5.41, 5.74) is 0.770. The zero-order valence-corrected chi connectivity index (χ0v) is 13.5. The molecule has 1 heterocycles. The number of ether oxygens (including phenoxy) is 1. The van der Waals surface area contributed by atoms with Crippen LogP contribution in [0.5, 0.6) is 0 Å². The molecule has 1 aromatic rings. The Kier molecular flexibility index (Phi) is 5.63. The third kappa shape index (κ3) is 3.59. The number of benzene rings is 1. The molecule has 6 nitrogen and oxygen atoms in total. The van der Waals surface area contributed by atoms with Crippen LogP contribution in [0.4, 0.5) is 0 Å². The summed E-state index contributed by atoms with van der Waals surface area (Å²) in [5, 5.41) is 0. The van der Waals surface area contributed by atoms with Crippen LogP contribution in [0.15, 0.2) is 36.9 Å². The van der Waals surface area contributed by atoms with Crippen molar-refractivity contribution in [2.24, 2.45) is 5.92 Å². The van der Waals surface area contributed by atoms with Crippen molar-refractivity contribution in [2.75, 3.05) is 13.2 Å². The topological polar surface area (TPSA) is 80.8 Å². The zero-order valence-electron chi connectivity index (χ0n) is 13.5. The second-order valence-corrected chi connectivity index (χ2v) is 5.53. The quantitative estimate of drug-likeness (QED) is 0.315. The van der Waals surface area contributed by atoms with Gasteiger partial charge in [-0.05, 0) is 31.9 Å². The minimum atomic E-state index is -0.889. The van der Waals surface area contributed by atoms with Crippen molar-refractivity contribution in [1.82, 2.24) is 4.90 Å². The van der Waals surface area contributed by atoms with Crippen LogP contribution in [0.3, 0.4) is 0 Å². The number of fused-ring (bicyclic) bond motifs is 1. The van der Waals surface area contributed by atoms with Crippen LogP contribution in [-0.4, -0.2) is 41.6 Å². The van der Waals surface area contributed by atoms with E-state index in [0.717, 1.165) is 4.90 Å². The largest absolute Gasteiger partial charge is 0.461 e. The van der Waals surface area contributed by atoms with Gasteiger partial charge in [0, 0.05) is 6.54 Å². The molecule has 6 heteroatoms. The van der Waals surface area contributed by atoms with Crippen molar-refractivity contribution in [1.29, 1.82) is 0 Å². The summed E-state index contributed by atoms with van der Waals surface area (Å²) in [5.74, 6) is -2.48. The molecular weight excluding hydrogens is 310 g/mol. The molecule has 0 radical (unpaired) electrons. The van der Waals surface area contributed by atoms with Gasteiger partial charge in [-0.25, -0.2) is 0 Å². The Hall–Kier alpha value is -2.76. The maximum Gasteiger partial charge on any atom is 0.316 e. The Morgan fingerprint density at radius 1 is 1.21 bits per heavy atom.